The highest BCUT2D eigenvalue weighted by Crippen LogP contribution is 2.50. The fraction of sp³-hybridized carbons (Fsp3) is 0.400. The summed E-state index contributed by atoms with van der Waals surface area (Å²) in [6.45, 7) is 1.90. The molecule has 0 amide bonds. The third-order valence-corrected chi connectivity index (χ3v) is 8.18. The van der Waals surface area contributed by atoms with Crippen molar-refractivity contribution in [2.45, 2.75) is 19.4 Å². The Morgan fingerprint density at radius 1 is 1.29 bits per heavy atom. The second kappa shape index (κ2) is 6.72. The van der Waals surface area contributed by atoms with Gasteiger partial charge >= 0.3 is 5.69 Å². The minimum atomic E-state index is -1.68. The van der Waals surface area contributed by atoms with E-state index in [2.05, 4.69) is 15.3 Å². The first-order valence-electron chi connectivity index (χ1n) is 9.92. The van der Waals surface area contributed by atoms with Crippen LogP contribution >= 0.6 is 10.3 Å². The molecule has 164 valence electrons. The summed E-state index contributed by atoms with van der Waals surface area (Å²) in [4.78, 5) is 34.2. The molecule has 0 spiro atoms. The van der Waals surface area contributed by atoms with Gasteiger partial charge in [-0.25, -0.2) is 9.78 Å². The fourth-order valence-corrected chi connectivity index (χ4v) is 6.33. The molecule has 2 unspecified atom stereocenters. The Hall–Kier alpha value is -3.05. The van der Waals surface area contributed by atoms with Crippen molar-refractivity contribution in [2.75, 3.05) is 23.1 Å². The lowest BCUT2D eigenvalue weighted by molar-refractivity contribution is 0.324. The Kier molecular flexibility index (Phi) is 4.31. The first-order valence-corrected chi connectivity index (χ1v) is 12.3. The molecule has 0 radical (unpaired) electrons. The average Bonchev–Trinajstić information content (AvgIpc) is 3.28. The summed E-state index contributed by atoms with van der Waals surface area (Å²) >= 11 is 0. The zero-order valence-corrected chi connectivity index (χ0v) is 18.6. The monoisotopic (exact) mass is 444 g/mol. The lowest BCUT2D eigenvalue weighted by Gasteiger charge is -2.22. The normalized spacial score (nSPS) is 23.5. The molecule has 1 fully saturated rings. The number of benzene rings is 1. The van der Waals surface area contributed by atoms with Crippen LogP contribution in [-0.2, 0) is 14.1 Å². The van der Waals surface area contributed by atoms with E-state index in [1.807, 2.05) is 13.2 Å². The molecule has 31 heavy (non-hydrogen) atoms. The molecular weight excluding hydrogens is 420 g/mol. The van der Waals surface area contributed by atoms with E-state index in [1.54, 1.807) is 37.0 Å². The lowest BCUT2D eigenvalue weighted by Crippen LogP contribution is -2.26. The fourth-order valence-electron chi connectivity index (χ4n) is 4.24. The summed E-state index contributed by atoms with van der Waals surface area (Å²) in [5.74, 6) is 1.63. The van der Waals surface area contributed by atoms with Crippen LogP contribution in [-0.4, -0.2) is 46.2 Å². The van der Waals surface area contributed by atoms with E-state index in [9.17, 15) is 14.1 Å². The maximum Gasteiger partial charge on any atom is 0.330 e. The Morgan fingerprint density at radius 2 is 2.06 bits per heavy atom. The number of aromatic nitrogens is 5. The predicted molar refractivity (Wildman–Crippen MR) is 122 cm³/mol. The van der Waals surface area contributed by atoms with Crippen molar-refractivity contribution in [1.29, 1.82) is 0 Å². The molecule has 3 aromatic heterocycles. The van der Waals surface area contributed by atoms with Crippen LogP contribution in [0.5, 0.6) is 0 Å². The van der Waals surface area contributed by atoms with Crippen LogP contribution in [0.1, 0.15) is 18.0 Å². The Morgan fingerprint density at radius 3 is 2.77 bits per heavy atom. The van der Waals surface area contributed by atoms with Gasteiger partial charge in [0.1, 0.15) is 5.52 Å². The van der Waals surface area contributed by atoms with Gasteiger partial charge in [0, 0.05) is 31.3 Å². The van der Waals surface area contributed by atoms with E-state index >= 15 is 0 Å². The average molecular weight is 445 g/mol. The van der Waals surface area contributed by atoms with Crippen molar-refractivity contribution in [3.8, 4) is 0 Å². The number of hydrogen-bond acceptors (Lipinski definition) is 7. The molecule has 1 aliphatic heterocycles. The van der Waals surface area contributed by atoms with Gasteiger partial charge in [-0.2, -0.15) is 9.72 Å². The molecule has 11 heteroatoms. The Bertz CT molecular complexity index is 1460. The largest absolute Gasteiger partial charge is 0.376 e. The molecule has 10 nitrogen and oxygen atoms in total. The van der Waals surface area contributed by atoms with Crippen molar-refractivity contribution in [2.24, 2.45) is 14.1 Å². The molecule has 0 saturated carbocycles. The van der Waals surface area contributed by atoms with Crippen LogP contribution in [0.2, 0.25) is 0 Å². The standard InChI is InChI=1S/C20H24N6O4S/c1-11-7-16-13(18(27)25(3)30-16)8-14(11)22-19-21-9-15-17(23-19)26(20(28)24(15)2)12-5-6-31(4,29)10-12/h7-9,12,29H,5-6,10H2,1-4H3,(H,21,22,23). The van der Waals surface area contributed by atoms with Gasteiger partial charge in [0.2, 0.25) is 5.95 Å². The number of nitrogens with one attached hydrogen (secondary N) is 1. The van der Waals surface area contributed by atoms with Crippen molar-refractivity contribution in [3.63, 3.8) is 0 Å². The molecule has 0 aliphatic carbocycles. The highest BCUT2D eigenvalue weighted by Gasteiger charge is 2.33. The molecular formula is C20H24N6O4S. The molecule has 1 aliphatic rings. The van der Waals surface area contributed by atoms with E-state index in [0.29, 0.717) is 39.5 Å². The summed E-state index contributed by atoms with van der Waals surface area (Å²) in [7, 11) is 1.59. The molecule has 4 heterocycles. The zero-order chi connectivity index (χ0) is 22.1. The third kappa shape index (κ3) is 3.15. The molecule has 0 bridgehead atoms. The Labute approximate surface area is 178 Å². The first-order chi connectivity index (χ1) is 14.6. The summed E-state index contributed by atoms with van der Waals surface area (Å²) in [5.41, 5.74) is 2.85. The topological polar surface area (TPSA) is 120 Å². The molecule has 5 rings (SSSR count). The molecule has 4 aromatic rings. The number of imidazole rings is 1. The van der Waals surface area contributed by atoms with Crippen molar-refractivity contribution in [1.82, 2.24) is 23.8 Å². The number of anilines is 2. The SMILES string of the molecule is Cc1cc2on(C)c(=O)c2cc1Nc1ncc2c(n1)n(C1CCS(C)(O)C1)c(=O)n2C. The predicted octanol–water partition coefficient (Wildman–Crippen LogP) is 2.48. The summed E-state index contributed by atoms with van der Waals surface area (Å²) < 4.78 is 20.3. The number of nitrogens with zero attached hydrogens (tertiary/aromatic N) is 5. The molecule has 1 aromatic carbocycles. The van der Waals surface area contributed by atoms with Crippen molar-refractivity contribution >= 4 is 44.1 Å². The number of hydrogen-bond donors (Lipinski definition) is 2. The maximum atomic E-state index is 12.9. The number of fused-ring (bicyclic) bond motifs is 2. The van der Waals surface area contributed by atoms with Crippen LogP contribution < -0.4 is 16.6 Å². The van der Waals surface area contributed by atoms with Crippen LogP contribution in [0, 0.1) is 6.92 Å². The number of aryl methyl sites for hydroxylation is 3. The molecule has 2 N–H and O–H groups in total. The van der Waals surface area contributed by atoms with E-state index in [1.165, 1.54) is 9.31 Å². The van der Waals surface area contributed by atoms with Crippen LogP contribution in [0.25, 0.3) is 22.1 Å². The van der Waals surface area contributed by atoms with Gasteiger partial charge in [-0.3, -0.25) is 13.9 Å². The van der Waals surface area contributed by atoms with Gasteiger partial charge in [-0.15, -0.1) is 10.3 Å². The summed E-state index contributed by atoms with van der Waals surface area (Å²) in [6, 6.07) is 3.43. The van der Waals surface area contributed by atoms with Gasteiger partial charge in [-0.05, 0) is 37.3 Å². The van der Waals surface area contributed by atoms with E-state index in [0.717, 1.165) is 17.7 Å². The summed E-state index contributed by atoms with van der Waals surface area (Å²) in [6.07, 6.45) is 4.24. The smallest absolute Gasteiger partial charge is 0.330 e. The van der Waals surface area contributed by atoms with Gasteiger partial charge in [0.25, 0.3) is 5.56 Å². The second-order valence-electron chi connectivity index (χ2n) is 8.33. The lowest BCUT2D eigenvalue weighted by atomic mass is 10.1. The summed E-state index contributed by atoms with van der Waals surface area (Å²) in [5, 5.41) is 3.64. The van der Waals surface area contributed by atoms with E-state index in [-0.39, 0.29) is 17.3 Å². The van der Waals surface area contributed by atoms with Gasteiger partial charge in [0.05, 0.1) is 17.6 Å². The van der Waals surface area contributed by atoms with Gasteiger partial charge in [-0.1, -0.05) is 0 Å². The van der Waals surface area contributed by atoms with Gasteiger partial charge < -0.3 is 14.4 Å². The zero-order valence-electron chi connectivity index (χ0n) is 17.7. The molecule has 1 saturated heterocycles. The minimum absolute atomic E-state index is 0.0870. The van der Waals surface area contributed by atoms with Crippen LogP contribution in [0.15, 0.2) is 32.4 Å². The van der Waals surface area contributed by atoms with Crippen molar-refractivity contribution < 1.29 is 9.08 Å². The third-order valence-electron chi connectivity index (χ3n) is 5.96. The highest BCUT2D eigenvalue weighted by atomic mass is 32.3. The van der Waals surface area contributed by atoms with Crippen LogP contribution in [0.3, 0.4) is 0 Å². The second-order valence-corrected chi connectivity index (χ2v) is 11.5. The highest BCUT2D eigenvalue weighted by molar-refractivity contribution is 8.28. The Balaban J connectivity index is 1.59. The van der Waals surface area contributed by atoms with Crippen LogP contribution in [0.4, 0.5) is 11.6 Å². The van der Waals surface area contributed by atoms with E-state index < -0.39 is 10.3 Å². The molecule has 2 atom stereocenters. The van der Waals surface area contributed by atoms with Gasteiger partial charge in [0.15, 0.2) is 11.2 Å². The first kappa shape index (κ1) is 19.9. The quantitative estimate of drug-likeness (QED) is 0.498. The van der Waals surface area contributed by atoms with Crippen molar-refractivity contribution in [3.05, 3.63) is 44.7 Å². The minimum Gasteiger partial charge on any atom is -0.376 e. The van der Waals surface area contributed by atoms with E-state index in [4.69, 9.17) is 4.52 Å². The maximum absolute atomic E-state index is 12.9. The number of rotatable bonds is 3.